The van der Waals surface area contributed by atoms with Gasteiger partial charge in [-0.05, 0) is 62.8 Å². The van der Waals surface area contributed by atoms with Crippen LogP contribution < -0.4 is 5.32 Å². The summed E-state index contributed by atoms with van der Waals surface area (Å²) >= 11 is 0. The molecule has 1 aromatic heterocycles. The lowest BCUT2D eigenvalue weighted by Crippen LogP contribution is -2.41. The van der Waals surface area contributed by atoms with E-state index in [0.29, 0.717) is 19.6 Å². The minimum atomic E-state index is -3.49. The average Bonchev–Trinajstić information content (AvgIpc) is 2.66. The third-order valence-electron chi connectivity index (χ3n) is 5.30. The Morgan fingerprint density at radius 1 is 1.18 bits per heavy atom. The van der Waals surface area contributed by atoms with Gasteiger partial charge >= 0.3 is 0 Å². The first-order valence-electron chi connectivity index (χ1n) is 9.55. The summed E-state index contributed by atoms with van der Waals surface area (Å²) in [5, 5.41) is 3.04. The number of aryl methyl sites for hydroxylation is 3. The first-order chi connectivity index (χ1) is 13.3. The number of sulfonamides is 1. The van der Waals surface area contributed by atoms with Crippen molar-refractivity contribution in [3.63, 3.8) is 0 Å². The van der Waals surface area contributed by atoms with Gasteiger partial charge in [0.15, 0.2) is 0 Å². The summed E-state index contributed by atoms with van der Waals surface area (Å²) in [5.41, 5.74) is 3.84. The molecule has 0 bridgehead atoms. The number of piperidine rings is 1. The predicted octanol–water partition coefficient (Wildman–Crippen LogP) is 2.84. The van der Waals surface area contributed by atoms with Crippen molar-refractivity contribution in [2.75, 3.05) is 19.6 Å². The molecule has 1 amide bonds. The van der Waals surface area contributed by atoms with Gasteiger partial charge in [0.05, 0.1) is 0 Å². The van der Waals surface area contributed by atoms with Crippen LogP contribution in [0.25, 0.3) is 0 Å². The fourth-order valence-corrected chi connectivity index (χ4v) is 5.30. The first-order valence-corrected chi connectivity index (χ1v) is 11.0. The van der Waals surface area contributed by atoms with E-state index in [1.54, 1.807) is 18.3 Å². The standard InChI is InChI=1S/C21H27N3O3S/c1-15-11-16(2)20(17(3)12-15)21(25)23-13-18-6-9-24(10-7-18)28(26,27)19-5-4-8-22-14-19/h4-5,8,11-12,14,18H,6-7,9-10,13H2,1-3H3,(H,23,25). The number of rotatable bonds is 5. The van der Waals surface area contributed by atoms with Crippen LogP contribution in [0.3, 0.4) is 0 Å². The third-order valence-corrected chi connectivity index (χ3v) is 7.18. The van der Waals surface area contributed by atoms with Gasteiger partial charge in [0, 0.05) is 37.6 Å². The Bertz CT molecular complexity index is 927. The number of pyridine rings is 1. The molecule has 1 fully saturated rings. The lowest BCUT2D eigenvalue weighted by molar-refractivity contribution is 0.0940. The van der Waals surface area contributed by atoms with E-state index >= 15 is 0 Å². The molecule has 28 heavy (non-hydrogen) atoms. The Labute approximate surface area is 167 Å². The van der Waals surface area contributed by atoms with Crippen LogP contribution in [0.5, 0.6) is 0 Å². The zero-order valence-electron chi connectivity index (χ0n) is 16.6. The highest BCUT2D eigenvalue weighted by molar-refractivity contribution is 7.89. The number of carbonyl (C=O) groups excluding carboxylic acids is 1. The molecule has 0 saturated carbocycles. The maximum Gasteiger partial charge on any atom is 0.251 e. The Balaban J connectivity index is 1.56. The number of nitrogens with zero attached hydrogens (tertiary/aromatic N) is 2. The van der Waals surface area contributed by atoms with Crippen LogP contribution in [0.2, 0.25) is 0 Å². The highest BCUT2D eigenvalue weighted by Crippen LogP contribution is 2.23. The molecule has 3 rings (SSSR count). The molecule has 1 aliphatic heterocycles. The summed E-state index contributed by atoms with van der Waals surface area (Å²) in [6.07, 6.45) is 4.40. The van der Waals surface area contributed by atoms with Crippen molar-refractivity contribution in [1.82, 2.24) is 14.6 Å². The number of hydrogen-bond donors (Lipinski definition) is 1. The van der Waals surface area contributed by atoms with Gasteiger partial charge in [0.25, 0.3) is 5.91 Å². The molecule has 1 N–H and O–H groups in total. The van der Waals surface area contributed by atoms with E-state index < -0.39 is 10.0 Å². The molecular formula is C21H27N3O3S. The third kappa shape index (κ3) is 4.42. The Kier molecular flexibility index (Phi) is 6.15. The van der Waals surface area contributed by atoms with Crippen LogP contribution in [-0.2, 0) is 10.0 Å². The van der Waals surface area contributed by atoms with E-state index in [0.717, 1.165) is 35.1 Å². The van der Waals surface area contributed by atoms with E-state index in [2.05, 4.69) is 10.3 Å². The maximum atomic E-state index is 12.7. The van der Waals surface area contributed by atoms with Gasteiger partial charge < -0.3 is 5.32 Å². The molecule has 2 heterocycles. The normalized spacial score (nSPS) is 16.1. The zero-order valence-corrected chi connectivity index (χ0v) is 17.4. The number of aromatic nitrogens is 1. The second-order valence-corrected chi connectivity index (χ2v) is 9.46. The number of carbonyl (C=O) groups is 1. The Morgan fingerprint density at radius 3 is 2.39 bits per heavy atom. The van der Waals surface area contributed by atoms with Gasteiger partial charge in [-0.15, -0.1) is 0 Å². The van der Waals surface area contributed by atoms with Crippen LogP contribution in [0.1, 0.15) is 39.9 Å². The number of benzene rings is 1. The number of nitrogens with one attached hydrogen (secondary N) is 1. The van der Waals surface area contributed by atoms with Crippen molar-refractivity contribution < 1.29 is 13.2 Å². The average molecular weight is 402 g/mol. The molecule has 1 aromatic carbocycles. The van der Waals surface area contributed by atoms with E-state index in [9.17, 15) is 13.2 Å². The molecule has 1 saturated heterocycles. The topological polar surface area (TPSA) is 79.4 Å². The lowest BCUT2D eigenvalue weighted by atomic mass is 9.96. The second kappa shape index (κ2) is 8.41. The summed E-state index contributed by atoms with van der Waals surface area (Å²) in [4.78, 5) is 16.8. The fraction of sp³-hybridized carbons (Fsp3) is 0.429. The van der Waals surface area contributed by atoms with E-state index in [-0.39, 0.29) is 16.7 Å². The quantitative estimate of drug-likeness (QED) is 0.836. The molecule has 150 valence electrons. The van der Waals surface area contributed by atoms with Crippen LogP contribution in [0.15, 0.2) is 41.6 Å². The highest BCUT2D eigenvalue weighted by atomic mass is 32.2. The van der Waals surface area contributed by atoms with E-state index in [4.69, 9.17) is 0 Å². The molecular weight excluding hydrogens is 374 g/mol. The smallest absolute Gasteiger partial charge is 0.251 e. The molecule has 0 radical (unpaired) electrons. The van der Waals surface area contributed by atoms with Crippen molar-refractivity contribution in [3.05, 3.63) is 58.9 Å². The van der Waals surface area contributed by atoms with Crippen molar-refractivity contribution >= 4 is 15.9 Å². The van der Waals surface area contributed by atoms with Crippen LogP contribution in [0, 0.1) is 26.7 Å². The molecule has 2 aromatic rings. The fourth-order valence-electron chi connectivity index (χ4n) is 3.87. The van der Waals surface area contributed by atoms with Gasteiger partial charge in [-0.25, -0.2) is 8.42 Å². The van der Waals surface area contributed by atoms with Gasteiger partial charge in [-0.1, -0.05) is 17.7 Å². The van der Waals surface area contributed by atoms with Crippen LogP contribution in [-0.4, -0.2) is 43.2 Å². The van der Waals surface area contributed by atoms with Crippen LogP contribution in [0.4, 0.5) is 0 Å². The minimum absolute atomic E-state index is 0.0552. The Morgan fingerprint density at radius 2 is 1.82 bits per heavy atom. The predicted molar refractivity (Wildman–Crippen MR) is 109 cm³/mol. The second-order valence-electron chi connectivity index (χ2n) is 7.52. The van der Waals surface area contributed by atoms with Gasteiger partial charge in [0.2, 0.25) is 10.0 Å². The number of amides is 1. The van der Waals surface area contributed by atoms with Crippen molar-refractivity contribution in [2.24, 2.45) is 5.92 Å². The van der Waals surface area contributed by atoms with Gasteiger partial charge in [-0.2, -0.15) is 4.31 Å². The lowest BCUT2D eigenvalue weighted by Gasteiger charge is -2.31. The minimum Gasteiger partial charge on any atom is -0.352 e. The first kappa shape index (κ1) is 20.5. The van der Waals surface area contributed by atoms with Crippen molar-refractivity contribution in [3.8, 4) is 0 Å². The zero-order chi connectivity index (χ0) is 20.3. The molecule has 1 aliphatic rings. The van der Waals surface area contributed by atoms with Crippen molar-refractivity contribution in [1.29, 1.82) is 0 Å². The molecule has 0 spiro atoms. The van der Waals surface area contributed by atoms with Crippen LogP contribution >= 0.6 is 0 Å². The molecule has 0 aliphatic carbocycles. The van der Waals surface area contributed by atoms with Gasteiger partial charge in [0.1, 0.15) is 4.90 Å². The molecule has 0 unspecified atom stereocenters. The summed E-state index contributed by atoms with van der Waals surface area (Å²) in [6, 6.07) is 7.23. The highest BCUT2D eigenvalue weighted by Gasteiger charge is 2.29. The Hall–Kier alpha value is -2.25. The largest absolute Gasteiger partial charge is 0.352 e. The molecule has 6 nitrogen and oxygen atoms in total. The maximum absolute atomic E-state index is 12.7. The number of hydrogen-bond acceptors (Lipinski definition) is 4. The van der Waals surface area contributed by atoms with Crippen molar-refractivity contribution in [2.45, 2.75) is 38.5 Å². The SMILES string of the molecule is Cc1cc(C)c(C(=O)NCC2CCN(S(=O)(=O)c3cccnc3)CC2)c(C)c1. The molecule has 7 heteroatoms. The van der Waals surface area contributed by atoms with E-state index in [1.807, 2.05) is 32.9 Å². The monoisotopic (exact) mass is 401 g/mol. The summed E-state index contributed by atoms with van der Waals surface area (Å²) in [6.45, 7) is 7.41. The van der Waals surface area contributed by atoms with Gasteiger partial charge in [-0.3, -0.25) is 9.78 Å². The summed E-state index contributed by atoms with van der Waals surface area (Å²) in [7, 11) is -3.49. The summed E-state index contributed by atoms with van der Waals surface area (Å²) in [5.74, 6) is 0.218. The van der Waals surface area contributed by atoms with E-state index in [1.165, 1.54) is 10.5 Å². The summed E-state index contributed by atoms with van der Waals surface area (Å²) < 4.78 is 26.8. The molecule has 0 atom stereocenters.